The Bertz CT molecular complexity index is 651. The van der Waals surface area contributed by atoms with Crippen LogP contribution in [0.1, 0.15) is 36.0 Å². The zero-order valence-corrected chi connectivity index (χ0v) is 14.5. The van der Waals surface area contributed by atoms with Crippen molar-refractivity contribution in [2.75, 3.05) is 25.1 Å². The highest BCUT2D eigenvalue weighted by Gasteiger charge is 2.40. The number of amides is 1. The Labute approximate surface area is 146 Å². The van der Waals surface area contributed by atoms with Gasteiger partial charge in [-0.1, -0.05) is 0 Å². The summed E-state index contributed by atoms with van der Waals surface area (Å²) in [6.45, 7) is 1.11. The fourth-order valence-corrected chi connectivity index (χ4v) is 3.83. The van der Waals surface area contributed by atoms with Gasteiger partial charge in [-0.25, -0.2) is 0 Å². The SMILES string of the molecule is CN1c2cc(OCCCC(=O)O)ccc2C(=O)N2CCCC2C1S. The number of aliphatic carboxylic acids is 1. The number of hydrogen-bond acceptors (Lipinski definition) is 5. The molecule has 0 radical (unpaired) electrons. The maximum Gasteiger partial charge on any atom is 0.303 e. The summed E-state index contributed by atoms with van der Waals surface area (Å²) < 4.78 is 5.64. The molecule has 2 heterocycles. The average Bonchev–Trinajstić information content (AvgIpc) is 3.03. The first-order valence-corrected chi connectivity index (χ1v) is 8.71. The smallest absolute Gasteiger partial charge is 0.303 e. The summed E-state index contributed by atoms with van der Waals surface area (Å²) in [5.41, 5.74) is 1.48. The maximum atomic E-state index is 12.8. The molecule has 1 aromatic carbocycles. The van der Waals surface area contributed by atoms with Crippen LogP contribution < -0.4 is 9.64 Å². The zero-order valence-electron chi connectivity index (χ0n) is 13.6. The van der Waals surface area contributed by atoms with Gasteiger partial charge in [0.05, 0.1) is 29.3 Å². The second-order valence-electron chi connectivity index (χ2n) is 6.26. The first-order chi connectivity index (χ1) is 11.5. The van der Waals surface area contributed by atoms with Crippen molar-refractivity contribution in [3.63, 3.8) is 0 Å². The lowest BCUT2D eigenvalue weighted by atomic mass is 10.1. The summed E-state index contributed by atoms with van der Waals surface area (Å²) in [5.74, 6) is -0.140. The van der Waals surface area contributed by atoms with Crippen molar-refractivity contribution in [3.05, 3.63) is 23.8 Å². The summed E-state index contributed by atoms with van der Waals surface area (Å²) >= 11 is 4.73. The molecular weight excluding hydrogens is 328 g/mol. The van der Waals surface area contributed by atoms with Crippen LogP contribution in [0.15, 0.2) is 18.2 Å². The molecule has 3 rings (SSSR count). The van der Waals surface area contributed by atoms with Gasteiger partial charge in [0, 0.05) is 26.1 Å². The van der Waals surface area contributed by atoms with Crippen LogP contribution in [-0.4, -0.2) is 53.5 Å². The Hall–Kier alpha value is -1.89. The molecule has 2 aliphatic rings. The van der Waals surface area contributed by atoms with Gasteiger partial charge in [0.1, 0.15) is 5.75 Å². The number of rotatable bonds is 5. The van der Waals surface area contributed by atoms with E-state index in [1.165, 1.54) is 0 Å². The van der Waals surface area contributed by atoms with Gasteiger partial charge in [0.2, 0.25) is 0 Å². The Kier molecular flexibility index (Phi) is 4.89. The molecule has 0 saturated carbocycles. The Morgan fingerprint density at radius 3 is 3.00 bits per heavy atom. The van der Waals surface area contributed by atoms with Crippen molar-refractivity contribution in [2.45, 2.75) is 37.1 Å². The molecule has 0 bridgehead atoms. The van der Waals surface area contributed by atoms with Crippen molar-refractivity contribution >= 4 is 30.2 Å². The van der Waals surface area contributed by atoms with Crippen molar-refractivity contribution in [1.82, 2.24) is 4.90 Å². The Morgan fingerprint density at radius 2 is 2.25 bits per heavy atom. The summed E-state index contributed by atoms with van der Waals surface area (Å²) in [5, 5.41) is 8.60. The molecule has 2 atom stereocenters. The van der Waals surface area contributed by atoms with Crippen LogP contribution in [0.4, 0.5) is 5.69 Å². The zero-order chi connectivity index (χ0) is 17.3. The Morgan fingerprint density at radius 1 is 1.46 bits per heavy atom. The van der Waals surface area contributed by atoms with Crippen LogP contribution in [0.2, 0.25) is 0 Å². The predicted molar refractivity (Wildman–Crippen MR) is 94.0 cm³/mol. The molecule has 2 aliphatic heterocycles. The molecular formula is C17H22N2O4S. The van der Waals surface area contributed by atoms with E-state index in [1.807, 2.05) is 22.9 Å². The number of thiol groups is 1. The fourth-order valence-electron chi connectivity index (χ4n) is 3.40. The number of carboxylic acid groups (broad SMARTS) is 1. The van der Waals surface area contributed by atoms with Crippen molar-refractivity contribution in [1.29, 1.82) is 0 Å². The van der Waals surface area contributed by atoms with Crippen molar-refractivity contribution < 1.29 is 19.4 Å². The number of carboxylic acids is 1. The highest BCUT2D eigenvalue weighted by molar-refractivity contribution is 7.81. The minimum absolute atomic E-state index is 0.0494. The summed E-state index contributed by atoms with van der Waals surface area (Å²) in [6.07, 6.45) is 2.52. The molecule has 0 aromatic heterocycles. The van der Waals surface area contributed by atoms with Gasteiger partial charge >= 0.3 is 5.97 Å². The van der Waals surface area contributed by atoms with E-state index >= 15 is 0 Å². The quantitative estimate of drug-likeness (QED) is 0.630. The topological polar surface area (TPSA) is 70.1 Å². The van der Waals surface area contributed by atoms with E-state index in [2.05, 4.69) is 0 Å². The van der Waals surface area contributed by atoms with Gasteiger partial charge in [-0.05, 0) is 31.4 Å². The van der Waals surface area contributed by atoms with Crippen LogP contribution >= 0.6 is 12.6 Å². The lowest BCUT2D eigenvalue weighted by Crippen LogP contribution is -2.44. The number of nitrogens with zero attached hydrogens (tertiary/aromatic N) is 2. The molecule has 6 nitrogen and oxygen atoms in total. The number of fused-ring (bicyclic) bond motifs is 2. The van der Waals surface area contributed by atoms with E-state index < -0.39 is 5.97 Å². The van der Waals surface area contributed by atoms with Crippen molar-refractivity contribution in [3.8, 4) is 5.75 Å². The number of likely N-dealkylation sites (N-methyl/N-ethyl adjacent to an activating group) is 1. The second kappa shape index (κ2) is 6.93. The molecule has 24 heavy (non-hydrogen) atoms. The van der Waals surface area contributed by atoms with Gasteiger partial charge in [-0.2, -0.15) is 12.6 Å². The molecule has 7 heteroatoms. The first-order valence-electron chi connectivity index (χ1n) is 8.19. The second-order valence-corrected chi connectivity index (χ2v) is 6.79. The Balaban J connectivity index is 1.80. The van der Waals surface area contributed by atoms with Gasteiger partial charge in [0.15, 0.2) is 0 Å². The van der Waals surface area contributed by atoms with E-state index in [-0.39, 0.29) is 23.7 Å². The van der Waals surface area contributed by atoms with Crippen LogP contribution in [0.25, 0.3) is 0 Å². The number of anilines is 1. The monoisotopic (exact) mass is 350 g/mol. The molecule has 1 fully saturated rings. The molecule has 2 unspecified atom stereocenters. The summed E-state index contributed by atoms with van der Waals surface area (Å²) in [4.78, 5) is 27.3. The van der Waals surface area contributed by atoms with E-state index in [0.29, 0.717) is 24.3 Å². The highest BCUT2D eigenvalue weighted by atomic mass is 32.1. The third-order valence-corrected chi connectivity index (χ3v) is 5.37. The number of hydrogen-bond donors (Lipinski definition) is 2. The largest absolute Gasteiger partial charge is 0.494 e. The highest BCUT2D eigenvalue weighted by Crippen LogP contribution is 2.37. The molecule has 0 aliphatic carbocycles. The molecule has 1 N–H and O–H groups in total. The van der Waals surface area contributed by atoms with Crippen LogP contribution in [0.3, 0.4) is 0 Å². The first kappa shape index (κ1) is 17.0. The van der Waals surface area contributed by atoms with Crippen LogP contribution in [0, 0.1) is 0 Å². The number of carbonyl (C=O) groups excluding carboxylic acids is 1. The van der Waals surface area contributed by atoms with E-state index in [9.17, 15) is 9.59 Å². The summed E-state index contributed by atoms with van der Waals surface area (Å²) in [7, 11) is 1.94. The van der Waals surface area contributed by atoms with Crippen molar-refractivity contribution in [2.24, 2.45) is 0 Å². The minimum atomic E-state index is -0.829. The normalized spacial score (nSPS) is 22.8. The van der Waals surface area contributed by atoms with E-state index in [1.54, 1.807) is 12.1 Å². The van der Waals surface area contributed by atoms with Crippen LogP contribution in [0.5, 0.6) is 5.75 Å². The fraction of sp³-hybridized carbons (Fsp3) is 0.529. The van der Waals surface area contributed by atoms with Gasteiger partial charge in [-0.15, -0.1) is 0 Å². The molecule has 130 valence electrons. The van der Waals surface area contributed by atoms with Gasteiger partial charge in [-0.3, -0.25) is 9.59 Å². The predicted octanol–water partition coefficient (Wildman–Crippen LogP) is 2.24. The number of carbonyl (C=O) groups is 2. The average molecular weight is 350 g/mol. The molecule has 1 amide bonds. The van der Waals surface area contributed by atoms with Gasteiger partial charge in [0.25, 0.3) is 5.91 Å². The number of benzene rings is 1. The van der Waals surface area contributed by atoms with E-state index in [4.69, 9.17) is 22.5 Å². The standard InChI is InChI=1S/C17H22N2O4S/c1-18-14-10-11(23-9-3-5-15(20)21)6-7-12(14)16(22)19-8-2-4-13(19)17(18)24/h6-7,10,13,17,24H,2-5,8-9H2,1H3,(H,20,21). The molecule has 1 saturated heterocycles. The van der Waals surface area contributed by atoms with Crippen LogP contribution in [-0.2, 0) is 4.79 Å². The maximum absolute atomic E-state index is 12.8. The van der Waals surface area contributed by atoms with Gasteiger partial charge < -0.3 is 19.6 Å². The summed E-state index contributed by atoms with van der Waals surface area (Å²) in [6, 6.07) is 5.54. The minimum Gasteiger partial charge on any atom is -0.494 e. The lowest BCUT2D eigenvalue weighted by molar-refractivity contribution is -0.137. The third-order valence-electron chi connectivity index (χ3n) is 4.68. The number of ether oxygens (including phenoxy) is 1. The third kappa shape index (κ3) is 3.17. The molecule has 0 spiro atoms. The van der Waals surface area contributed by atoms with E-state index in [0.717, 1.165) is 25.1 Å². The lowest BCUT2D eigenvalue weighted by Gasteiger charge is -2.31. The molecule has 1 aromatic rings.